The number of benzene rings is 1. The molecule has 1 aromatic rings. The Morgan fingerprint density at radius 1 is 1.20 bits per heavy atom. The molecule has 0 heterocycles. The molecule has 0 fully saturated rings. The molecule has 7 heteroatoms. The molecular weight excluding hydrogens is 204 g/mol. The third kappa shape index (κ3) is 2.99. The van der Waals surface area contributed by atoms with Crippen LogP contribution in [-0.4, -0.2) is 21.5 Å². The van der Waals surface area contributed by atoms with E-state index in [1.807, 2.05) is 0 Å². The SMILES string of the molecule is O=[N+]([O-])CC(O)c1ccc([N+](=O)[O-])cc1. The van der Waals surface area contributed by atoms with Crippen LogP contribution >= 0.6 is 0 Å². The first-order valence-electron chi connectivity index (χ1n) is 4.05. The lowest BCUT2D eigenvalue weighted by Crippen LogP contribution is -2.11. The molecule has 0 radical (unpaired) electrons. The molecule has 0 aromatic heterocycles. The van der Waals surface area contributed by atoms with E-state index in [1.54, 1.807) is 0 Å². The van der Waals surface area contributed by atoms with Crippen LogP contribution in [0.4, 0.5) is 5.69 Å². The Hall–Kier alpha value is -2.02. The summed E-state index contributed by atoms with van der Waals surface area (Å²) in [5.74, 6) is 0. The lowest BCUT2D eigenvalue weighted by atomic mass is 10.1. The smallest absolute Gasteiger partial charge is 0.269 e. The van der Waals surface area contributed by atoms with Crippen LogP contribution in [0.15, 0.2) is 24.3 Å². The average molecular weight is 212 g/mol. The average Bonchev–Trinajstić information content (AvgIpc) is 2.17. The molecule has 0 spiro atoms. The maximum atomic E-state index is 10.3. The van der Waals surface area contributed by atoms with E-state index in [9.17, 15) is 25.3 Å². The third-order valence-corrected chi connectivity index (χ3v) is 1.81. The van der Waals surface area contributed by atoms with Gasteiger partial charge in [-0.25, -0.2) is 0 Å². The molecule has 1 rings (SSSR count). The van der Waals surface area contributed by atoms with Gasteiger partial charge in [-0.15, -0.1) is 0 Å². The van der Waals surface area contributed by atoms with Gasteiger partial charge in [0.15, 0.2) is 0 Å². The second-order valence-corrected chi connectivity index (χ2v) is 2.88. The van der Waals surface area contributed by atoms with Crippen LogP contribution in [0, 0.1) is 20.2 Å². The van der Waals surface area contributed by atoms with Gasteiger partial charge >= 0.3 is 0 Å². The highest BCUT2D eigenvalue weighted by Gasteiger charge is 2.15. The van der Waals surface area contributed by atoms with Crippen molar-refractivity contribution in [2.45, 2.75) is 6.10 Å². The van der Waals surface area contributed by atoms with Crippen molar-refractivity contribution < 1.29 is 15.0 Å². The summed E-state index contributed by atoms with van der Waals surface area (Å²) in [6.45, 7) is -0.613. The van der Waals surface area contributed by atoms with Crippen molar-refractivity contribution in [1.82, 2.24) is 0 Å². The summed E-state index contributed by atoms with van der Waals surface area (Å²) >= 11 is 0. The van der Waals surface area contributed by atoms with Gasteiger partial charge in [-0.1, -0.05) is 0 Å². The van der Waals surface area contributed by atoms with Gasteiger partial charge in [0.1, 0.15) is 6.10 Å². The van der Waals surface area contributed by atoms with Crippen molar-refractivity contribution in [2.75, 3.05) is 6.54 Å². The van der Waals surface area contributed by atoms with Crippen molar-refractivity contribution in [3.05, 3.63) is 50.1 Å². The molecule has 1 N–H and O–H groups in total. The Morgan fingerprint density at radius 2 is 1.73 bits per heavy atom. The van der Waals surface area contributed by atoms with E-state index in [0.717, 1.165) is 0 Å². The van der Waals surface area contributed by atoms with Gasteiger partial charge < -0.3 is 5.11 Å². The number of aliphatic hydroxyl groups excluding tert-OH is 1. The van der Waals surface area contributed by atoms with Crippen LogP contribution in [-0.2, 0) is 0 Å². The van der Waals surface area contributed by atoms with E-state index < -0.39 is 22.5 Å². The highest BCUT2D eigenvalue weighted by molar-refractivity contribution is 5.33. The molecule has 15 heavy (non-hydrogen) atoms. The number of nitrogens with zero attached hydrogens (tertiary/aromatic N) is 2. The van der Waals surface area contributed by atoms with E-state index in [2.05, 4.69) is 0 Å². The quantitative estimate of drug-likeness (QED) is 0.589. The van der Waals surface area contributed by atoms with Gasteiger partial charge in [-0.05, 0) is 17.7 Å². The summed E-state index contributed by atoms with van der Waals surface area (Å²) in [6.07, 6.45) is -1.24. The fourth-order valence-electron chi connectivity index (χ4n) is 1.06. The van der Waals surface area contributed by atoms with Crippen molar-refractivity contribution in [3.8, 4) is 0 Å². The molecule has 0 bridgehead atoms. The van der Waals surface area contributed by atoms with Gasteiger partial charge in [0.2, 0.25) is 6.54 Å². The molecule has 0 saturated carbocycles. The van der Waals surface area contributed by atoms with Gasteiger partial charge in [0, 0.05) is 17.1 Å². The van der Waals surface area contributed by atoms with Crippen LogP contribution in [0.1, 0.15) is 11.7 Å². The number of non-ortho nitro benzene ring substituents is 1. The lowest BCUT2D eigenvalue weighted by molar-refractivity contribution is -0.491. The lowest BCUT2D eigenvalue weighted by Gasteiger charge is -2.04. The molecule has 7 nitrogen and oxygen atoms in total. The van der Waals surface area contributed by atoms with Crippen LogP contribution in [0.5, 0.6) is 0 Å². The third-order valence-electron chi connectivity index (χ3n) is 1.81. The summed E-state index contributed by atoms with van der Waals surface area (Å²) in [4.78, 5) is 19.2. The van der Waals surface area contributed by atoms with Crippen LogP contribution < -0.4 is 0 Å². The largest absolute Gasteiger partial charge is 0.382 e. The fourth-order valence-corrected chi connectivity index (χ4v) is 1.06. The van der Waals surface area contributed by atoms with Gasteiger partial charge in [-0.3, -0.25) is 20.2 Å². The molecule has 1 atom stereocenters. The van der Waals surface area contributed by atoms with Crippen molar-refractivity contribution in [1.29, 1.82) is 0 Å². The second kappa shape index (κ2) is 4.47. The Bertz CT molecular complexity index is 375. The molecule has 0 aliphatic rings. The summed E-state index contributed by atoms with van der Waals surface area (Å²) in [5.41, 5.74) is 0.171. The number of hydrogen-bond acceptors (Lipinski definition) is 5. The molecule has 1 unspecified atom stereocenters. The van der Waals surface area contributed by atoms with Crippen molar-refractivity contribution in [2.24, 2.45) is 0 Å². The maximum Gasteiger partial charge on any atom is 0.269 e. The summed E-state index contributed by atoms with van der Waals surface area (Å²) < 4.78 is 0. The van der Waals surface area contributed by atoms with Gasteiger partial charge in [0.25, 0.3) is 5.69 Å². The van der Waals surface area contributed by atoms with E-state index in [4.69, 9.17) is 0 Å². The Balaban J connectivity index is 2.79. The molecule has 0 saturated heterocycles. The highest BCUT2D eigenvalue weighted by Crippen LogP contribution is 2.17. The van der Waals surface area contributed by atoms with Crippen molar-refractivity contribution in [3.63, 3.8) is 0 Å². The molecule has 1 aromatic carbocycles. The number of aliphatic hydroxyl groups is 1. The van der Waals surface area contributed by atoms with E-state index in [-0.39, 0.29) is 11.3 Å². The van der Waals surface area contributed by atoms with Crippen LogP contribution in [0.2, 0.25) is 0 Å². The van der Waals surface area contributed by atoms with E-state index in [0.29, 0.717) is 0 Å². The predicted molar refractivity (Wildman–Crippen MR) is 49.9 cm³/mol. The second-order valence-electron chi connectivity index (χ2n) is 2.88. The van der Waals surface area contributed by atoms with Gasteiger partial charge in [-0.2, -0.15) is 0 Å². The normalized spacial score (nSPS) is 12.1. The first-order valence-corrected chi connectivity index (χ1v) is 4.05. The number of rotatable bonds is 4. The van der Waals surface area contributed by atoms with Gasteiger partial charge in [0.05, 0.1) is 4.92 Å². The Kier molecular flexibility index (Phi) is 3.29. The minimum absolute atomic E-state index is 0.118. The van der Waals surface area contributed by atoms with Crippen molar-refractivity contribution >= 4 is 5.69 Å². The summed E-state index contributed by atoms with van der Waals surface area (Å²) in [5, 5.41) is 29.7. The number of nitro groups is 2. The molecule has 80 valence electrons. The number of hydrogen-bond donors (Lipinski definition) is 1. The number of nitro benzene ring substituents is 1. The van der Waals surface area contributed by atoms with E-state index in [1.165, 1.54) is 24.3 Å². The first kappa shape index (κ1) is 11.1. The zero-order chi connectivity index (χ0) is 11.4. The summed E-state index contributed by atoms with van der Waals surface area (Å²) in [7, 11) is 0. The zero-order valence-electron chi connectivity index (χ0n) is 7.57. The standard InChI is InChI=1S/C8H8N2O5/c11-8(5-9(12)13)6-1-3-7(4-2-6)10(14)15/h1-4,8,11H,5H2. The highest BCUT2D eigenvalue weighted by atomic mass is 16.6. The molecule has 0 amide bonds. The molecule has 0 aliphatic heterocycles. The van der Waals surface area contributed by atoms with E-state index >= 15 is 0 Å². The zero-order valence-corrected chi connectivity index (χ0v) is 7.57. The minimum atomic E-state index is -1.24. The van der Waals surface area contributed by atoms with Crippen LogP contribution in [0.3, 0.4) is 0 Å². The Morgan fingerprint density at radius 3 is 2.13 bits per heavy atom. The topological polar surface area (TPSA) is 107 Å². The molecular formula is C8H8N2O5. The van der Waals surface area contributed by atoms with Crippen LogP contribution in [0.25, 0.3) is 0 Å². The first-order chi connectivity index (χ1) is 7.00. The Labute approximate surface area is 84.3 Å². The minimum Gasteiger partial charge on any atom is -0.382 e. The predicted octanol–water partition coefficient (Wildman–Crippen LogP) is 0.905. The maximum absolute atomic E-state index is 10.3. The monoisotopic (exact) mass is 212 g/mol. The summed E-state index contributed by atoms with van der Waals surface area (Å²) in [6, 6.07) is 4.98. The fraction of sp³-hybridized carbons (Fsp3) is 0.250. The molecule has 0 aliphatic carbocycles.